The number of thioether (sulfide) groups is 1. The van der Waals surface area contributed by atoms with Crippen molar-refractivity contribution in [1.29, 1.82) is 0 Å². The first-order chi connectivity index (χ1) is 16.9. The molecule has 3 aromatic heterocycles. The number of nitrogens with zero attached hydrogens (tertiary/aromatic N) is 6. The molecule has 182 valence electrons. The van der Waals surface area contributed by atoms with Gasteiger partial charge in [-0.1, -0.05) is 24.3 Å². The number of hydrogen-bond acceptors (Lipinski definition) is 6. The second-order valence-electron chi connectivity index (χ2n) is 8.35. The Balaban J connectivity index is 1.38. The number of hydrogen-bond donors (Lipinski definition) is 0. The van der Waals surface area contributed by atoms with Crippen molar-refractivity contribution >= 4 is 11.8 Å². The van der Waals surface area contributed by atoms with Crippen molar-refractivity contribution in [3.05, 3.63) is 66.0 Å². The van der Waals surface area contributed by atoms with Gasteiger partial charge in [-0.2, -0.15) is 18.3 Å². The van der Waals surface area contributed by atoms with Gasteiger partial charge in [0, 0.05) is 23.9 Å². The first-order valence-electron chi connectivity index (χ1n) is 11.0. The summed E-state index contributed by atoms with van der Waals surface area (Å²) >= 11 is 1.43. The molecule has 1 fully saturated rings. The van der Waals surface area contributed by atoms with Gasteiger partial charge in [-0.25, -0.2) is 15.0 Å². The van der Waals surface area contributed by atoms with Gasteiger partial charge in [0.25, 0.3) is 0 Å². The van der Waals surface area contributed by atoms with Crippen molar-refractivity contribution in [2.24, 2.45) is 0 Å². The molecule has 0 aliphatic heterocycles. The summed E-state index contributed by atoms with van der Waals surface area (Å²) in [5.41, 5.74) is 3.24. The van der Waals surface area contributed by atoms with E-state index < -0.39 is 11.9 Å². The Morgan fingerprint density at radius 2 is 1.89 bits per heavy atom. The number of rotatable bonds is 8. The summed E-state index contributed by atoms with van der Waals surface area (Å²) in [7, 11) is 1.59. The smallest absolute Gasteiger partial charge is 0.434 e. The van der Waals surface area contributed by atoms with Crippen molar-refractivity contribution in [2.75, 3.05) is 13.4 Å². The average Bonchev–Trinajstić information content (AvgIpc) is 3.44. The van der Waals surface area contributed by atoms with Crippen LogP contribution >= 0.6 is 11.8 Å². The second-order valence-corrected chi connectivity index (χ2v) is 9.18. The van der Waals surface area contributed by atoms with E-state index >= 15 is 0 Å². The zero-order chi connectivity index (χ0) is 24.6. The van der Waals surface area contributed by atoms with E-state index in [-0.39, 0.29) is 0 Å². The number of aromatic nitrogens is 6. The van der Waals surface area contributed by atoms with E-state index in [2.05, 4.69) is 15.0 Å². The first kappa shape index (κ1) is 23.4. The number of alkyl halides is 3. The topological polar surface area (TPSA) is 70.7 Å². The Hall–Kier alpha value is -3.34. The van der Waals surface area contributed by atoms with E-state index in [9.17, 15) is 13.2 Å². The highest BCUT2D eigenvalue weighted by molar-refractivity contribution is 7.97. The Kier molecular flexibility index (Phi) is 6.26. The van der Waals surface area contributed by atoms with Gasteiger partial charge >= 0.3 is 6.18 Å². The van der Waals surface area contributed by atoms with Crippen molar-refractivity contribution in [2.45, 2.75) is 37.4 Å². The predicted molar refractivity (Wildman–Crippen MR) is 127 cm³/mol. The monoisotopic (exact) mass is 500 g/mol. The molecule has 0 bridgehead atoms. The van der Waals surface area contributed by atoms with Gasteiger partial charge in [-0.05, 0) is 30.7 Å². The fourth-order valence-corrected chi connectivity index (χ4v) is 4.47. The number of ether oxygens (including phenoxy) is 1. The van der Waals surface area contributed by atoms with Crippen LogP contribution in [-0.2, 0) is 18.6 Å². The Morgan fingerprint density at radius 3 is 2.54 bits per heavy atom. The van der Waals surface area contributed by atoms with Crippen LogP contribution < -0.4 is 4.74 Å². The van der Waals surface area contributed by atoms with Gasteiger partial charge in [-0.3, -0.25) is 4.68 Å². The van der Waals surface area contributed by atoms with Crippen molar-refractivity contribution in [3.8, 4) is 28.5 Å². The molecule has 0 N–H and O–H groups in total. The molecular weight excluding hydrogens is 477 g/mol. The summed E-state index contributed by atoms with van der Waals surface area (Å²) in [4.78, 5) is 12.6. The lowest BCUT2D eigenvalue weighted by atomic mass is 10.1. The van der Waals surface area contributed by atoms with Crippen LogP contribution in [0.3, 0.4) is 0 Å². The van der Waals surface area contributed by atoms with E-state index in [4.69, 9.17) is 9.84 Å². The molecule has 1 aliphatic rings. The highest BCUT2D eigenvalue weighted by Crippen LogP contribution is 2.45. The summed E-state index contributed by atoms with van der Waals surface area (Å²) in [5, 5.41) is 4.72. The normalized spacial score (nSPS) is 13.9. The van der Waals surface area contributed by atoms with Crippen molar-refractivity contribution in [1.82, 2.24) is 29.3 Å². The first-order valence-corrected chi connectivity index (χ1v) is 12.4. The summed E-state index contributed by atoms with van der Waals surface area (Å²) in [5.74, 6) is 1.60. The summed E-state index contributed by atoms with van der Waals surface area (Å²) in [6.07, 6.45) is 4.01. The molecule has 1 aromatic carbocycles. The van der Waals surface area contributed by atoms with Crippen LogP contribution in [0.25, 0.3) is 22.6 Å². The maximum atomic E-state index is 13.2. The molecule has 0 saturated heterocycles. The van der Waals surface area contributed by atoms with Gasteiger partial charge in [0.15, 0.2) is 5.69 Å². The van der Waals surface area contributed by atoms with Crippen LogP contribution in [0.4, 0.5) is 13.2 Å². The molecule has 7 nitrogen and oxygen atoms in total. The minimum absolute atomic E-state index is 0.295. The molecule has 11 heteroatoms. The Labute approximate surface area is 204 Å². The largest absolute Gasteiger partial charge is 0.480 e. The van der Waals surface area contributed by atoms with Gasteiger partial charge in [0.2, 0.25) is 5.88 Å². The Bertz CT molecular complexity index is 1330. The van der Waals surface area contributed by atoms with E-state index in [1.807, 2.05) is 35.3 Å². The minimum Gasteiger partial charge on any atom is -0.480 e. The Morgan fingerprint density at radius 1 is 1.11 bits per heavy atom. The van der Waals surface area contributed by atoms with Crippen molar-refractivity contribution in [3.63, 3.8) is 0 Å². The van der Waals surface area contributed by atoms with E-state index in [1.165, 1.54) is 22.7 Å². The lowest BCUT2D eigenvalue weighted by molar-refractivity contribution is -0.140. The minimum atomic E-state index is -4.48. The molecule has 0 unspecified atom stereocenters. The molecule has 35 heavy (non-hydrogen) atoms. The lowest BCUT2D eigenvalue weighted by Crippen LogP contribution is -2.05. The maximum Gasteiger partial charge on any atom is 0.434 e. The highest BCUT2D eigenvalue weighted by Gasteiger charge is 2.35. The van der Waals surface area contributed by atoms with Gasteiger partial charge in [0.1, 0.15) is 12.2 Å². The molecule has 0 atom stereocenters. The van der Waals surface area contributed by atoms with Crippen LogP contribution in [0.2, 0.25) is 0 Å². The molecule has 0 amide bonds. The predicted octanol–water partition coefficient (Wildman–Crippen LogP) is 5.48. The highest BCUT2D eigenvalue weighted by atomic mass is 32.2. The molecule has 3 heterocycles. The molecule has 5 rings (SSSR count). The van der Waals surface area contributed by atoms with Crippen LogP contribution in [-0.4, -0.2) is 42.7 Å². The molecule has 0 radical (unpaired) electrons. The number of imidazole rings is 1. The van der Waals surface area contributed by atoms with Crippen LogP contribution in [0.15, 0.2) is 49.1 Å². The maximum absolute atomic E-state index is 13.2. The fourth-order valence-electron chi connectivity index (χ4n) is 3.99. The second kappa shape index (κ2) is 9.37. The third kappa shape index (κ3) is 4.90. The van der Waals surface area contributed by atoms with Crippen LogP contribution in [0, 0.1) is 0 Å². The summed E-state index contributed by atoms with van der Waals surface area (Å²) in [6, 6.07) is 9.25. The van der Waals surface area contributed by atoms with Crippen molar-refractivity contribution < 1.29 is 17.9 Å². The van der Waals surface area contributed by atoms with Crippen LogP contribution in [0.1, 0.15) is 35.7 Å². The summed E-state index contributed by atoms with van der Waals surface area (Å²) < 4.78 is 48.3. The van der Waals surface area contributed by atoms with Gasteiger partial charge in [-0.15, -0.1) is 11.8 Å². The molecular formula is C24H23F3N6OS. The molecule has 4 aromatic rings. The van der Waals surface area contributed by atoms with Gasteiger partial charge < -0.3 is 9.30 Å². The molecule has 0 spiro atoms. The fraction of sp³-hybridized carbons (Fsp3) is 0.333. The third-order valence-corrected chi connectivity index (χ3v) is 6.32. The molecule has 1 aliphatic carbocycles. The SMILES string of the molecule is COc1ncnc(C2CC2)c1-c1ccn(Cc2ccc(-c3nc(C(F)(F)F)cn3CSC)cc2)n1. The standard InChI is InChI=1S/C24H23F3N6OS/c1-34-23-20(21(16-7-8-16)28-13-29-23)18-9-10-33(31-18)11-15-3-5-17(6-4-15)22-30-19(24(25,26)27)12-32(22)14-35-2/h3-6,9-10,12-13,16H,7-8,11,14H2,1-2H3. The zero-order valence-corrected chi connectivity index (χ0v) is 20.0. The van der Waals surface area contributed by atoms with E-state index in [0.29, 0.717) is 35.6 Å². The zero-order valence-electron chi connectivity index (χ0n) is 19.2. The van der Waals surface area contributed by atoms with E-state index in [0.717, 1.165) is 41.6 Å². The average molecular weight is 501 g/mol. The summed E-state index contributed by atoms with van der Waals surface area (Å²) in [6.45, 7) is 0.502. The third-order valence-electron chi connectivity index (χ3n) is 5.79. The number of benzene rings is 1. The van der Waals surface area contributed by atoms with E-state index in [1.54, 1.807) is 19.2 Å². The number of halogens is 3. The lowest BCUT2D eigenvalue weighted by Gasteiger charge is -2.09. The van der Waals surface area contributed by atoms with Crippen LogP contribution in [0.5, 0.6) is 5.88 Å². The molecule has 1 saturated carbocycles. The van der Waals surface area contributed by atoms with Gasteiger partial charge in [0.05, 0.1) is 36.5 Å². The quantitative estimate of drug-likeness (QED) is 0.319. The number of methoxy groups -OCH3 is 1.